The second kappa shape index (κ2) is 5.96. The standard InChI is InChI=1S/C12H12N4O2S/c13-11(19)9-6-14-16-12(9)15-10(17)7-18-8-4-2-1-3-5-8/h1-6H,7H2,(H2,13,19)(H2,14,15,16,17). The fraction of sp³-hybridized carbons (Fsp3) is 0.0833. The van der Waals surface area contributed by atoms with Crippen LogP contribution in [0.15, 0.2) is 36.5 Å². The van der Waals surface area contributed by atoms with Gasteiger partial charge in [0.25, 0.3) is 5.91 Å². The number of hydrogen-bond donors (Lipinski definition) is 3. The molecule has 0 saturated carbocycles. The number of nitrogens with one attached hydrogen (secondary N) is 2. The van der Waals surface area contributed by atoms with Crippen molar-refractivity contribution in [3.05, 3.63) is 42.1 Å². The second-order valence-electron chi connectivity index (χ2n) is 3.67. The minimum absolute atomic E-state index is 0.111. The maximum atomic E-state index is 11.7. The van der Waals surface area contributed by atoms with Crippen molar-refractivity contribution in [1.82, 2.24) is 10.2 Å². The smallest absolute Gasteiger partial charge is 0.263 e. The maximum absolute atomic E-state index is 11.7. The summed E-state index contributed by atoms with van der Waals surface area (Å²) < 4.78 is 5.31. The van der Waals surface area contributed by atoms with Crippen LogP contribution in [0.1, 0.15) is 5.56 Å². The van der Waals surface area contributed by atoms with Crippen molar-refractivity contribution < 1.29 is 9.53 Å². The van der Waals surface area contributed by atoms with Gasteiger partial charge in [0.15, 0.2) is 6.61 Å². The summed E-state index contributed by atoms with van der Waals surface area (Å²) in [6, 6.07) is 9.06. The topological polar surface area (TPSA) is 93.0 Å². The van der Waals surface area contributed by atoms with Crippen LogP contribution in [0.25, 0.3) is 0 Å². The predicted octanol–water partition coefficient (Wildman–Crippen LogP) is 1.06. The molecule has 7 heteroatoms. The number of anilines is 1. The van der Waals surface area contributed by atoms with E-state index < -0.39 is 0 Å². The van der Waals surface area contributed by atoms with E-state index in [1.54, 1.807) is 12.1 Å². The lowest BCUT2D eigenvalue weighted by Crippen LogP contribution is -2.22. The first kappa shape index (κ1) is 13.0. The van der Waals surface area contributed by atoms with Gasteiger partial charge in [0, 0.05) is 0 Å². The number of carbonyl (C=O) groups excluding carboxylic acids is 1. The summed E-state index contributed by atoms with van der Waals surface area (Å²) in [4.78, 5) is 11.9. The van der Waals surface area contributed by atoms with Crippen LogP contribution >= 0.6 is 12.2 Å². The lowest BCUT2D eigenvalue weighted by Gasteiger charge is -2.07. The van der Waals surface area contributed by atoms with Crippen LogP contribution in [0.3, 0.4) is 0 Å². The van der Waals surface area contributed by atoms with Gasteiger partial charge in [-0.25, -0.2) is 0 Å². The molecule has 0 bridgehead atoms. The Labute approximate surface area is 115 Å². The van der Waals surface area contributed by atoms with Crippen LogP contribution in [-0.2, 0) is 4.79 Å². The molecular weight excluding hydrogens is 264 g/mol. The number of ether oxygens (including phenoxy) is 1. The molecule has 0 spiro atoms. The molecule has 1 aromatic heterocycles. The zero-order chi connectivity index (χ0) is 13.7. The van der Waals surface area contributed by atoms with Gasteiger partial charge in [-0.15, -0.1) is 0 Å². The van der Waals surface area contributed by atoms with Gasteiger partial charge in [-0.05, 0) is 12.1 Å². The molecule has 2 rings (SSSR count). The summed E-state index contributed by atoms with van der Waals surface area (Å²) in [7, 11) is 0. The van der Waals surface area contributed by atoms with E-state index in [0.29, 0.717) is 17.1 Å². The van der Waals surface area contributed by atoms with E-state index in [-0.39, 0.29) is 17.5 Å². The number of amides is 1. The minimum atomic E-state index is -0.328. The highest BCUT2D eigenvalue weighted by atomic mass is 32.1. The van der Waals surface area contributed by atoms with Gasteiger partial charge in [-0.2, -0.15) is 5.10 Å². The van der Waals surface area contributed by atoms with Gasteiger partial charge in [0.1, 0.15) is 16.6 Å². The number of thiocarbonyl (C=S) groups is 1. The lowest BCUT2D eigenvalue weighted by molar-refractivity contribution is -0.118. The SMILES string of the molecule is NC(=S)c1cn[nH]c1NC(=O)COc1ccccc1. The van der Waals surface area contributed by atoms with Gasteiger partial charge in [0.2, 0.25) is 0 Å². The molecule has 2 aromatic rings. The van der Waals surface area contributed by atoms with Gasteiger partial charge in [-0.3, -0.25) is 9.89 Å². The number of hydrogen-bond acceptors (Lipinski definition) is 4. The fourth-order valence-corrected chi connectivity index (χ4v) is 1.56. The Kier molecular flexibility index (Phi) is 4.09. The first-order valence-electron chi connectivity index (χ1n) is 5.47. The van der Waals surface area contributed by atoms with E-state index in [9.17, 15) is 4.79 Å². The molecule has 0 atom stereocenters. The van der Waals surface area contributed by atoms with Crippen LogP contribution in [0.4, 0.5) is 5.82 Å². The quantitative estimate of drug-likeness (QED) is 0.710. The molecule has 0 aliphatic heterocycles. The Balaban J connectivity index is 1.91. The zero-order valence-electron chi connectivity index (χ0n) is 9.92. The van der Waals surface area contributed by atoms with Crippen LogP contribution in [0.5, 0.6) is 5.75 Å². The molecule has 1 amide bonds. The van der Waals surface area contributed by atoms with Gasteiger partial charge in [0.05, 0.1) is 11.8 Å². The van der Waals surface area contributed by atoms with Crippen molar-refractivity contribution in [3.63, 3.8) is 0 Å². The average Bonchev–Trinajstić information content (AvgIpc) is 2.86. The molecule has 1 heterocycles. The van der Waals surface area contributed by atoms with E-state index in [0.717, 1.165) is 0 Å². The molecule has 0 unspecified atom stereocenters. The van der Waals surface area contributed by atoms with E-state index in [1.807, 2.05) is 18.2 Å². The molecule has 19 heavy (non-hydrogen) atoms. The molecule has 98 valence electrons. The number of aromatic nitrogens is 2. The summed E-state index contributed by atoms with van der Waals surface area (Å²) in [6.07, 6.45) is 1.45. The number of nitrogens with two attached hydrogens (primary N) is 1. The van der Waals surface area contributed by atoms with Crippen molar-refractivity contribution in [2.75, 3.05) is 11.9 Å². The maximum Gasteiger partial charge on any atom is 0.263 e. The van der Waals surface area contributed by atoms with Crippen molar-refractivity contribution >= 4 is 28.9 Å². The molecule has 6 nitrogen and oxygen atoms in total. The molecular formula is C12H12N4O2S. The Hall–Kier alpha value is -2.41. The van der Waals surface area contributed by atoms with Crippen molar-refractivity contribution in [3.8, 4) is 5.75 Å². The van der Waals surface area contributed by atoms with Crippen LogP contribution in [0.2, 0.25) is 0 Å². The van der Waals surface area contributed by atoms with Crippen molar-refractivity contribution in [2.45, 2.75) is 0 Å². The Bertz CT molecular complexity index is 582. The molecule has 0 radical (unpaired) electrons. The van der Waals surface area contributed by atoms with E-state index in [1.165, 1.54) is 6.20 Å². The fourth-order valence-electron chi connectivity index (χ4n) is 1.41. The van der Waals surface area contributed by atoms with Crippen LogP contribution in [-0.4, -0.2) is 27.7 Å². The summed E-state index contributed by atoms with van der Waals surface area (Å²) in [6.45, 7) is -0.111. The number of para-hydroxylation sites is 1. The predicted molar refractivity (Wildman–Crippen MR) is 75.0 cm³/mol. The monoisotopic (exact) mass is 276 g/mol. The first-order valence-corrected chi connectivity index (χ1v) is 5.88. The number of rotatable bonds is 5. The molecule has 1 aromatic carbocycles. The molecule has 4 N–H and O–H groups in total. The third kappa shape index (κ3) is 3.52. The number of benzene rings is 1. The van der Waals surface area contributed by atoms with E-state index >= 15 is 0 Å². The Morgan fingerprint density at radius 1 is 1.42 bits per heavy atom. The highest BCUT2D eigenvalue weighted by Gasteiger charge is 2.11. The van der Waals surface area contributed by atoms with Crippen molar-refractivity contribution in [1.29, 1.82) is 0 Å². The van der Waals surface area contributed by atoms with E-state index in [2.05, 4.69) is 15.5 Å². The summed E-state index contributed by atoms with van der Waals surface area (Å²) in [5.41, 5.74) is 5.98. The third-order valence-corrected chi connectivity index (χ3v) is 2.50. The lowest BCUT2D eigenvalue weighted by atomic mass is 10.3. The third-order valence-electron chi connectivity index (χ3n) is 2.28. The Morgan fingerprint density at radius 3 is 2.84 bits per heavy atom. The number of H-pyrrole nitrogens is 1. The number of nitrogens with zero attached hydrogens (tertiary/aromatic N) is 1. The normalized spacial score (nSPS) is 9.89. The second-order valence-corrected chi connectivity index (χ2v) is 4.11. The number of aromatic amines is 1. The Morgan fingerprint density at radius 2 is 2.16 bits per heavy atom. The zero-order valence-corrected chi connectivity index (χ0v) is 10.7. The van der Waals surface area contributed by atoms with E-state index in [4.69, 9.17) is 22.7 Å². The number of carbonyl (C=O) groups is 1. The molecule has 0 aliphatic rings. The molecule has 0 fully saturated rings. The van der Waals surface area contributed by atoms with Crippen molar-refractivity contribution in [2.24, 2.45) is 5.73 Å². The van der Waals surface area contributed by atoms with Gasteiger partial charge < -0.3 is 15.8 Å². The minimum Gasteiger partial charge on any atom is -0.484 e. The highest BCUT2D eigenvalue weighted by Crippen LogP contribution is 2.11. The summed E-state index contributed by atoms with van der Waals surface area (Å²) in [5, 5.41) is 8.97. The summed E-state index contributed by atoms with van der Waals surface area (Å²) >= 11 is 4.83. The first-order chi connectivity index (χ1) is 9.16. The molecule has 0 saturated heterocycles. The average molecular weight is 276 g/mol. The molecule has 0 aliphatic carbocycles. The van der Waals surface area contributed by atoms with Gasteiger partial charge in [-0.1, -0.05) is 30.4 Å². The van der Waals surface area contributed by atoms with Crippen LogP contribution < -0.4 is 15.8 Å². The van der Waals surface area contributed by atoms with Gasteiger partial charge >= 0.3 is 0 Å². The van der Waals surface area contributed by atoms with Crippen LogP contribution in [0, 0.1) is 0 Å². The largest absolute Gasteiger partial charge is 0.484 e. The summed E-state index contributed by atoms with van der Waals surface area (Å²) in [5.74, 6) is 0.664. The highest BCUT2D eigenvalue weighted by molar-refractivity contribution is 7.80.